The van der Waals surface area contributed by atoms with Crippen molar-refractivity contribution in [1.29, 1.82) is 0 Å². The minimum Gasteiger partial charge on any atom is -0.347 e. The highest BCUT2D eigenvalue weighted by atomic mass is 35.5. The topological polar surface area (TPSA) is 46.3 Å². The molecule has 0 aliphatic rings. The number of anilines is 1. The first-order valence-corrected chi connectivity index (χ1v) is 9.80. The highest BCUT2D eigenvalue weighted by Gasteiger charge is 2.36. The lowest BCUT2D eigenvalue weighted by molar-refractivity contribution is -0.137. The number of rotatable bonds is 6. The molecule has 5 nitrogen and oxygen atoms in total. The van der Waals surface area contributed by atoms with Crippen molar-refractivity contribution in [3.63, 3.8) is 0 Å². The largest absolute Gasteiger partial charge is 0.416 e. The molecule has 0 fully saturated rings. The molecule has 32 heavy (non-hydrogen) atoms. The zero-order valence-electron chi connectivity index (χ0n) is 15.6. The van der Waals surface area contributed by atoms with Gasteiger partial charge in [-0.05, 0) is 18.6 Å². The van der Waals surface area contributed by atoms with Gasteiger partial charge in [0.25, 0.3) is 5.78 Å². The van der Waals surface area contributed by atoms with Crippen molar-refractivity contribution in [3.8, 4) is 11.1 Å². The Kier molecular flexibility index (Phi) is 6.97. The fourth-order valence-electron chi connectivity index (χ4n) is 3.01. The van der Waals surface area contributed by atoms with E-state index in [-0.39, 0.29) is 29.1 Å². The van der Waals surface area contributed by atoms with Crippen LogP contribution in [0.5, 0.6) is 0 Å². The Balaban J connectivity index is 2.34. The van der Waals surface area contributed by atoms with Gasteiger partial charge < -0.3 is 4.90 Å². The van der Waals surface area contributed by atoms with Gasteiger partial charge >= 0.3 is 12.4 Å². The van der Waals surface area contributed by atoms with E-state index in [0.717, 1.165) is 10.8 Å². The van der Waals surface area contributed by atoms with Gasteiger partial charge in [0.05, 0.1) is 27.8 Å². The van der Waals surface area contributed by atoms with Crippen molar-refractivity contribution in [2.45, 2.75) is 18.8 Å². The van der Waals surface area contributed by atoms with E-state index in [4.69, 9.17) is 34.8 Å². The van der Waals surface area contributed by atoms with Crippen molar-refractivity contribution in [2.75, 3.05) is 24.7 Å². The van der Waals surface area contributed by atoms with Crippen LogP contribution in [0, 0.1) is 0 Å². The molecule has 0 amide bonds. The third-order valence-corrected chi connectivity index (χ3v) is 5.08. The van der Waals surface area contributed by atoms with E-state index in [0.29, 0.717) is 17.0 Å². The first-order valence-electron chi connectivity index (χ1n) is 8.67. The number of hydrogen-bond donors (Lipinski definition) is 0. The number of benzene rings is 1. The van der Waals surface area contributed by atoms with Gasteiger partial charge in [-0.3, -0.25) is 4.39 Å². The average molecular weight is 525 g/mol. The molecule has 3 aromatic rings. The molecule has 0 spiro atoms. The summed E-state index contributed by atoms with van der Waals surface area (Å²) in [4.78, 5) is 8.42. The summed E-state index contributed by atoms with van der Waals surface area (Å²) in [6.07, 6.45) is -8.82. The third kappa shape index (κ3) is 5.12. The second kappa shape index (κ2) is 9.06. The molecule has 0 aliphatic carbocycles. The lowest BCUT2D eigenvalue weighted by Gasteiger charge is -2.28. The summed E-state index contributed by atoms with van der Waals surface area (Å²) in [7, 11) is 0. The van der Waals surface area contributed by atoms with Crippen LogP contribution in [0.1, 0.15) is 12.0 Å². The van der Waals surface area contributed by atoms with Crippen molar-refractivity contribution in [1.82, 2.24) is 19.6 Å². The minimum absolute atomic E-state index is 0.194. The van der Waals surface area contributed by atoms with Crippen molar-refractivity contribution >= 4 is 46.4 Å². The Morgan fingerprint density at radius 1 is 0.969 bits per heavy atom. The van der Waals surface area contributed by atoms with Crippen molar-refractivity contribution in [3.05, 3.63) is 39.2 Å². The predicted molar refractivity (Wildman–Crippen MR) is 105 cm³/mol. The Hall–Kier alpha value is -2.05. The molecule has 3 rings (SSSR count). The van der Waals surface area contributed by atoms with Crippen LogP contribution >= 0.6 is 34.8 Å². The summed E-state index contributed by atoms with van der Waals surface area (Å²) < 4.78 is 93.0. The van der Waals surface area contributed by atoms with E-state index in [9.17, 15) is 30.7 Å². The molecular formula is C17H11Cl3F7N5. The van der Waals surface area contributed by atoms with E-state index >= 15 is 0 Å². The van der Waals surface area contributed by atoms with Crippen molar-refractivity contribution in [2.24, 2.45) is 0 Å². The monoisotopic (exact) mass is 523 g/mol. The molecule has 0 bridgehead atoms. The number of fused-ring (bicyclic) bond motifs is 1. The summed E-state index contributed by atoms with van der Waals surface area (Å²) in [5, 5.41) is 2.33. The Morgan fingerprint density at radius 3 is 2.12 bits per heavy atom. The summed E-state index contributed by atoms with van der Waals surface area (Å²) in [6, 6.07) is 1.12. The Labute approximate surface area is 190 Å². The Bertz CT molecular complexity index is 1110. The normalized spacial score (nSPS) is 12.6. The van der Waals surface area contributed by atoms with Gasteiger partial charge in [0.15, 0.2) is 0 Å². The standard InChI is InChI=1S/C17H11Cl3F7N5/c18-9-4-8(17(25,26)27)5-10(19)11(9)12-13(20)30-15-28-7-29-32(15)14(12)31(3-1-2-21)6-16(22,23)24/h4-5,7H,1-3,6H2. The van der Waals surface area contributed by atoms with E-state index < -0.39 is 52.9 Å². The van der Waals surface area contributed by atoms with Crippen LogP contribution < -0.4 is 4.90 Å². The molecule has 174 valence electrons. The Morgan fingerprint density at radius 2 is 1.59 bits per heavy atom. The molecule has 0 N–H and O–H groups in total. The smallest absolute Gasteiger partial charge is 0.347 e. The van der Waals surface area contributed by atoms with Gasteiger partial charge in [-0.2, -0.15) is 45.9 Å². The fraction of sp³-hybridized carbons (Fsp3) is 0.353. The van der Waals surface area contributed by atoms with Crippen molar-refractivity contribution < 1.29 is 30.7 Å². The van der Waals surface area contributed by atoms with Gasteiger partial charge in [0.2, 0.25) is 0 Å². The second-order valence-electron chi connectivity index (χ2n) is 6.46. The van der Waals surface area contributed by atoms with E-state index in [2.05, 4.69) is 15.1 Å². The fourth-order valence-corrected chi connectivity index (χ4v) is 3.94. The maximum Gasteiger partial charge on any atom is 0.416 e. The first kappa shape index (κ1) is 24.6. The van der Waals surface area contributed by atoms with Gasteiger partial charge in [0, 0.05) is 12.1 Å². The third-order valence-electron chi connectivity index (χ3n) is 4.21. The molecule has 15 heteroatoms. The average Bonchev–Trinajstić information content (AvgIpc) is 3.11. The lowest BCUT2D eigenvalue weighted by Crippen LogP contribution is -2.37. The number of nitrogens with zero attached hydrogens (tertiary/aromatic N) is 5. The number of hydrogen-bond acceptors (Lipinski definition) is 4. The van der Waals surface area contributed by atoms with Crippen LogP contribution in [-0.2, 0) is 6.18 Å². The summed E-state index contributed by atoms with van der Waals surface area (Å²) >= 11 is 18.3. The van der Waals surface area contributed by atoms with Crippen LogP contribution in [0.2, 0.25) is 15.2 Å². The summed E-state index contributed by atoms with van der Waals surface area (Å²) in [5.74, 6) is -0.549. The molecule has 0 atom stereocenters. The van der Waals surface area contributed by atoms with Gasteiger partial charge in [-0.15, -0.1) is 0 Å². The molecular weight excluding hydrogens is 514 g/mol. The molecule has 0 radical (unpaired) electrons. The van der Waals surface area contributed by atoms with E-state index in [1.54, 1.807) is 0 Å². The SMILES string of the molecule is FCCCN(CC(F)(F)F)c1c(-c2c(Cl)cc(C(F)(F)F)cc2Cl)c(Cl)nc2ncnn12. The summed E-state index contributed by atoms with van der Waals surface area (Å²) in [5.41, 5.74) is -1.77. The number of aromatic nitrogens is 4. The first-order chi connectivity index (χ1) is 14.8. The lowest BCUT2D eigenvalue weighted by atomic mass is 10.0. The minimum atomic E-state index is -4.78. The van der Waals surface area contributed by atoms with Crippen LogP contribution in [0.25, 0.3) is 16.9 Å². The maximum absolute atomic E-state index is 13.3. The highest BCUT2D eigenvalue weighted by Crippen LogP contribution is 2.46. The highest BCUT2D eigenvalue weighted by molar-refractivity contribution is 6.41. The molecule has 1 aromatic carbocycles. The van der Waals surface area contributed by atoms with E-state index in [1.807, 2.05) is 0 Å². The predicted octanol–water partition coefficient (Wildman–Crippen LogP) is 6.50. The molecule has 0 saturated carbocycles. The zero-order valence-corrected chi connectivity index (χ0v) is 17.8. The van der Waals surface area contributed by atoms with E-state index in [1.165, 1.54) is 0 Å². The number of halogens is 10. The quantitative estimate of drug-likeness (QED) is 0.273. The second-order valence-corrected chi connectivity index (χ2v) is 7.64. The molecule has 0 aliphatic heterocycles. The van der Waals surface area contributed by atoms with Gasteiger partial charge in [-0.25, -0.2) is 0 Å². The molecule has 0 unspecified atom stereocenters. The molecule has 2 heterocycles. The number of alkyl halides is 7. The molecule has 2 aromatic heterocycles. The van der Waals surface area contributed by atoms with Crippen LogP contribution in [-0.4, -0.2) is 45.5 Å². The van der Waals surface area contributed by atoms with Crippen LogP contribution in [0.4, 0.5) is 36.6 Å². The summed E-state index contributed by atoms with van der Waals surface area (Å²) in [6.45, 7) is -2.91. The maximum atomic E-state index is 13.3. The zero-order chi connectivity index (χ0) is 23.8. The van der Waals surface area contributed by atoms with Crippen LogP contribution in [0.3, 0.4) is 0 Å². The van der Waals surface area contributed by atoms with Gasteiger partial charge in [0.1, 0.15) is 23.8 Å². The van der Waals surface area contributed by atoms with Crippen LogP contribution in [0.15, 0.2) is 18.5 Å². The van der Waals surface area contributed by atoms with Gasteiger partial charge in [-0.1, -0.05) is 34.8 Å². The molecule has 0 saturated heterocycles.